The van der Waals surface area contributed by atoms with Gasteiger partial charge in [-0.15, -0.1) is 24.8 Å². The van der Waals surface area contributed by atoms with E-state index in [0.29, 0.717) is 12.1 Å². The molecule has 2 atom stereocenters. The fraction of sp³-hybridized carbons (Fsp3) is 0.300. The fourth-order valence-corrected chi connectivity index (χ4v) is 6.02. The molecule has 0 saturated carbocycles. The summed E-state index contributed by atoms with van der Waals surface area (Å²) in [6, 6.07) is 28.7. The van der Waals surface area contributed by atoms with Gasteiger partial charge in [-0.05, 0) is 60.7 Å². The van der Waals surface area contributed by atoms with Crippen LogP contribution in [0.2, 0.25) is 0 Å². The number of carbonyl (C=O) groups excluding carboxylic acids is 1. The lowest BCUT2D eigenvalue weighted by molar-refractivity contribution is -0.114. The van der Waals surface area contributed by atoms with E-state index in [1.165, 1.54) is 34.6 Å². The van der Waals surface area contributed by atoms with Crippen molar-refractivity contribution in [2.75, 3.05) is 23.7 Å². The van der Waals surface area contributed by atoms with Crippen LogP contribution in [0.5, 0.6) is 0 Å². The first kappa shape index (κ1) is 27.1. The summed E-state index contributed by atoms with van der Waals surface area (Å²) >= 11 is 0. The summed E-state index contributed by atoms with van der Waals surface area (Å²) in [5.74, 6) is -0.0444. The number of nitrogens with one attached hydrogen (secondary N) is 2. The van der Waals surface area contributed by atoms with E-state index in [2.05, 4.69) is 86.8 Å². The third kappa shape index (κ3) is 5.49. The van der Waals surface area contributed by atoms with Gasteiger partial charge in [0.2, 0.25) is 5.91 Å². The van der Waals surface area contributed by atoms with Crippen molar-refractivity contribution < 1.29 is 4.79 Å². The quantitative estimate of drug-likeness (QED) is 0.299. The molecule has 2 unspecified atom stereocenters. The molecule has 3 aromatic carbocycles. The highest BCUT2D eigenvalue weighted by molar-refractivity contribution is 5.89. The van der Waals surface area contributed by atoms with Crippen molar-refractivity contribution in [2.24, 2.45) is 0 Å². The van der Waals surface area contributed by atoms with E-state index in [0.717, 1.165) is 50.3 Å². The van der Waals surface area contributed by atoms with Crippen LogP contribution in [0.4, 0.5) is 11.4 Å². The van der Waals surface area contributed by atoms with Crippen molar-refractivity contribution in [3.8, 4) is 0 Å². The van der Waals surface area contributed by atoms with Gasteiger partial charge in [0.15, 0.2) is 0 Å². The number of halogens is 2. The minimum Gasteiger partial charge on any atom is -0.382 e. The van der Waals surface area contributed by atoms with Crippen LogP contribution in [0, 0.1) is 0 Å². The number of para-hydroxylation sites is 1. The first-order valence-electron chi connectivity index (χ1n) is 12.7. The summed E-state index contributed by atoms with van der Waals surface area (Å²) in [5, 5.41) is 8.04. The molecule has 2 aliphatic heterocycles. The molecule has 0 bridgehead atoms. The maximum atomic E-state index is 11.3. The van der Waals surface area contributed by atoms with Crippen molar-refractivity contribution in [2.45, 2.75) is 44.8 Å². The number of anilines is 2. The molecule has 1 aromatic heterocycles. The molecule has 2 N–H and O–H groups in total. The number of benzene rings is 3. The number of nitrogens with zero attached hydrogens (tertiary/aromatic N) is 2. The molecule has 1 amide bonds. The SMILES string of the molecule is CC(=O)Nc1ccc(NC2CCN3CCc4c(n(Cc5ccccc5)c5ccccc45)C3C2)cc1.Cl.Cl. The van der Waals surface area contributed by atoms with Crippen LogP contribution >= 0.6 is 24.8 Å². The minimum absolute atomic E-state index is 0. The number of hydrogen-bond acceptors (Lipinski definition) is 3. The van der Waals surface area contributed by atoms with Crippen LogP contribution in [-0.4, -0.2) is 34.5 Å². The van der Waals surface area contributed by atoms with Gasteiger partial charge in [-0.1, -0.05) is 48.5 Å². The first-order chi connectivity index (χ1) is 17.2. The van der Waals surface area contributed by atoms with E-state index in [1.54, 1.807) is 0 Å². The highest BCUT2D eigenvalue weighted by Crippen LogP contribution is 2.42. The Labute approximate surface area is 231 Å². The Morgan fingerprint density at radius 2 is 1.59 bits per heavy atom. The normalized spacial score (nSPS) is 18.6. The van der Waals surface area contributed by atoms with Crippen LogP contribution in [0.3, 0.4) is 0 Å². The Balaban J connectivity index is 0.00000160. The standard InChI is InChI=1S/C30H32N4O.2ClH/c1-21(35)31-23-11-13-24(14-12-23)32-25-15-17-33-18-16-27-26-9-5-6-10-28(26)34(30(27)29(33)19-25)20-22-7-3-2-4-8-22;;/h2-14,25,29,32H,15-20H2,1H3,(H,31,35);2*1H. The second kappa shape index (κ2) is 11.6. The van der Waals surface area contributed by atoms with Crippen LogP contribution in [-0.2, 0) is 17.8 Å². The van der Waals surface area contributed by atoms with E-state index < -0.39 is 0 Å². The second-order valence-corrected chi connectivity index (χ2v) is 9.88. The molecule has 0 spiro atoms. The lowest BCUT2D eigenvalue weighted by atomic mass is 9.88. The average Bonchev–Trinajstić information content (AvgIpc) is 3.19. The van der Waals surface area contributed by atoms with E-state index in [-0.39, 0.29) is 30.7 Å². The summed E-state index contributed by atoms with van der Waals surface area (Å²) < 4.78 is 2.58. The Morgan fingerprint density at radius 3 is 2.35 bits per heavy atom. The number of fused-ring (bicyclic) bond motifs is 5. The monoisotopic (exact) mass is 536 g/mol. The Hall–Kier alpha value is -2.99. The second-order valence-electron chi connectivity index (χ2n) is 9.88. The molecular weight excluding hydrogens is 503 g/mol. The maximum absolute atomic E-state index is 11.3. The van der Waals surface area contributed by atoms with Crippen LogP contribution in [0.25, 0.3) is 10.9 Å². The predicted molar refractivity (Wildman–Crippen MR) is 157 cm³/mol. The average molecular weight is 538 g/mol. The van der Waals surface area contributed by atoms with Gasteiger partial charge >= 0.3 is 0 Å². The van der Waals surface area contributed by atoms with E-state index >= 15 is 0 Å². The van der Waals surface area contributed by atoms with Gasteiger partial charge in [0.1, 0.15) is 0 Å². The van der Waals surface area contributed by atoms with Crippen molar-refractivity contribution in [1.82, 2.24) is 9.47 Å². The van der Waals surface area contributed by atoms with Crippen LogP contribution in [0.15, 0.2) is 78.9 Å². The zero-order valence-electron chi connectivity index (χ0n) is 21.0. The summed E-state index contributed by atoms with van der Waals surface area (Å²) in [7, 11) is 0. The van der Waals surface area contributed by atoms with Gasteiger partial charge < -0.3 is 15.2 Å². The number of aromatic nitrogens is 1. The Morgan fingerprint density at radius 1 is 0.892 bits per heavy atom. The van der Waals surface area contributed by atoms with Gasteiger partial charge in [-0.2, -0.15) is 0 Å². The van der Waals surface area contributed by atoms with Crippen molar-refractivity contribution in [1.29, 1.82) is 0 Å². The highest BCUT2D eigenvalue weighted by atomic mass is 35.5. The lowest BCUT2D eigenvalue weighted by Gasteiger charge is -2.43. The zero-order valence-corrected chi connectivity index (χ0v) is 22.7. The van der Waals surface area contributed by atoms with Crippen molar-refractivity contribution in [3.05, 3.63) is 95.7 Å². The number of hydrogen-bond donors (Lipinski definition) is 2. The number of carbonyl (C=O) groups is 1. The molecule has 194 valence electrons. The largest absolute Gasteiger partial charge is 0.382 e. The molecule has 4 aromatic rings. The fourth-order valence-electron chi connectivity index (χ4n) is 6.02. The number of amides is 1. The Kier molecular flexibility index (Phi) is 8.48. The molecule has 0 aliphatic carbocycles. The predicted octanol–water partition coefficient (Wildman–Crippen LogP) is 6.67. The van der Waals surface area contributed by atoms with Crippen molar-refractivity contribution in [3.63, 3.8) is 0 Å². The van der Waals surface area contributed by atoms with Crippen molar-refractivity contribution >= 4 is 53.0 Å². The molecule has 6 rings (SSSR count). The van der Waals surface area contributed by atoms with Gasteiger partial charge in [0.25, 0.3) is 0 Å². The molecular formula is C30H34Cl2N4O. The summed E-state index contributed by atoms with van der Waals surface area (Å²) in [6.45, 7) is 4.69. The van der Waals surface area contributed by atoms with Gasteiger partial charge in [-0.3, -0.25) is 9.69 Å². The third-order valence-electron chi connectivity index (χ3n) is 7.56. The molecule has 2 aliphatic rings. The minimum atomic E-state index is -0.0444. The smallest absolute Gasteiger partial charge is 0.221 e. The highest BCUT2D eigenvalue weighted by Gasteiger charge is 2.37. The molecule has 1 fully saturated rings. The summed E-state index contributed by atoms with van der Waals surface area (Å²) in [6.07, 6.45) is 3.35. The first-order valence-corrected chi connectivity index (χ1v) is 12.7. The lowest BCUT2D eigenvalue weighted by Crippen LogP contribution is -2.45. The molecule has 37 heavy (non-hydrogen) atoms. The van der Waals surface area contributed by atoms with Crippen LogP contribution < -0.4 is 10.6 Å². The molecule has 7 heteroatoms. The summed E-state index contributed by atoms with van der Waals surface area (Å²) in [4.78, 5) is 14.0. The Bertz CT molecular complexity index is 1350. The molecule has 5 nitrogen and oxygen atoms in total. The van der Waals surface area contributed by atoms with Gasteiger partial charge in [-0.25, -0.2) is 0 Å². The number of rotatable bonds is 5. The maximum Gasteiger partial charge on any atom is 0.221 e. The molecule has 1 saturated heterocycles. The molecule has 3 heterocycles. The molecule has 0 radical (unpaired) electrons. The van der Waals surface area contributed by atoms with E-state index in [4.69, 9.17) is 0 Å². The van der Waals surface area contributed by atoms with E-state index in [1.807, 2.05) is 12.1 Å². The van der Waals surface area contributed by atoms with E-state index in [9.17, 15) is 4.79 Å². The topological polar surface area (TPSA) is 49.3 Å². The summed E-state index contributed by atoms with van der Waals surface area (Å²) in [5.41, 5.74) is 7.69. The van der Waals surface area contributed by atoms with Crippen LogP contribution in [0.1, 0.15) is 42.6 Å². The van der Waals surface area contributed by atoms with Gasteiger partial charge in [0.05, 0.1) is 6.04 Å². The zero-order chi connectivity index (χ0) is 23.8. The van der Waals surface area contributed by atoms with Gasteiger partial charge in [0, 0.05) is 60.6 Å². The third-order valence-corrected chi connectivity index (χ3v) is 7.56. The number of piperidine rings is 1.